The molecular weight excluding hydrogens is 354 g/mol. The predicted octanol–water partition coefficient (Wildman–Crippen LogP) is 0.356. The number of hydrogen-bond donors (Lipinski definition) is 2. The number of nitrogens with zero attached hydrogens (tertiary/aromatic N) is 5. The Hall–Kier alpha value is -2.33. The Labute approximate surface area is 153 Å². The summed E-state index contributed by atoms with van der Waals surface area (Å²) in [4.78, 5) is 18.9. The second-order valence-electron chi connectivity index (χ2n) is 6.54. The Balaban J connectivity index is 1.91. The van der Waals surface area contributed by atoms with E-state index in [9.17, 15) is 8.42 Å². The third-order valence-electron chi connectivity index (χ3n) is 4.34. The summed E-state index contributed by atoms with van der Waals surface area (Å²) in [6, 6.07) is 0. The van der Waals surface area contributed by atoms with Crippen LogP contribution in [-0.2, 0) is 16.4 Å². The molecule has 140 valence electrons. The number of aromatic nitrogens is 4. The van der Waals surface area contributed by atoms with Gasteiger partial charge >= 0.3 is 0 Å². The Morgan fingerprint density at radius 1 is 1.27 bits per heavy atom. The second kappa shape index (κ2) is 7.50. The summed E-state index contributed by atoms with van der Waals surface area (Å²) in [5.74, 6) is 0.746. The summed E-state index contributed by atoms with van der Waals surface area (Å²) in [6.07, 6.45) is 7.80. The highest BCUT2D eigenvalue weighted by Gasteiger charge is 2.25. The molecule has 2 aromatic heterocycles. The third kappa shape index (κ3) is 4.25. The zero-order valence-corrected chi connectivity index (χ0v) is 15.7. The molecule has 1 aliphatic rings. The summed E-state index contributed by atoms with van der Waals surface area (Å²) in [5, 5.41) is 3.31. The maximum atomic E-state index is 12.2. The molecule has 1 saturated heterocycles. The standard InChI is InChI=1S/C16H23N7O2S/c1-23(10-11-6-19-15(17)20-7-11)16-21-9-13(26(2,24)25)14(22-16)12-4-3-5-18-8-12/h6-7,9,12,18H,3-5,8,10H2,1-2H3,(H2,17,19,20)/t12-/m1/s1. The first-order valence-electron chi connectivity index (χ1n) is 8.40. The third-order valence-corrected chi connectivity index (χ3v) is 5.45. The SMILES string of the molecule is CN(Cc1cnc(N)nc1)c1ncc(S(C)(=O)=O)c([C@@H]2CCCNC2)n1. The lowest BCUT2D eigenvalue weighted by Gasteiger charge is -2.25. The quantitative estimate of drug-likeness (QED) is 0.759. The first-order chi connectivity index (χ1) is 12.3. The maximum absolute atomic E-state index is 12.2. The molecule has 0 unspecified atom stereocenters. The number of piperidine rings is 1. The molecule has 1 aliphatic heterocycles. The number of nitrogens with one attached hydrogen (secondary N) is 1. The fourth-order valence-corrected chi connectivity index (χ4v) is 3.85. The molecule has 0 aliphatic carbocycles. The molecule has 3 heterocycles. The van der Waals surface area contributed by atoms with Gasteiger partial charge in [-0.1, -0.05) is 0 Å². The Kier molecular flexibility index (Phi) is 5.33. The Bertz CT molecular complexity index is 865. The highest BCUT2D eigenvalue weighted by molar-refractivity contribution is 7.90. The monoisotopic (exact) mass is 377 g/mol. The molecule has 0 amide bonds. The topological polar surface area (TPSA) is 127 Å². The fraction of sp³-hybridized carbons (Fsp3) is 0.500. The van der Waals surface area contributed by atoms with Crippen molar-refractivity contribution in [2.75, 3.05) is 37.0 Å². The summed E-state index contributed by atoms with van der Waals surface area (Å²) in [7, 11) is -1.55. The van der Waals surface area contributed by atoms with Gasteiger partial charge in [0.25, 0.3) is 0 Å². The largest absolute Gasteiger partial charge is 0.368 e. The van der Waals surface area contributed by atoms with Gasteiger partial charge in [0, 0.05) is 50.3 Å². The van der Waals surface area contributed by atoms with Crippen molar-refractivity contribution >= 4 is 21.7 Å². The van der Waals surface area contributed by atoms with Crippen LogP contribution in [-0.4, -0.2) is 54.7 Å². The van der Waals surface area contributed by atoms with Crippen LogP contribution in [0.15, 0.2) is 23.5 Å². The molecule has 0 radical (unpaired) electrons. The van der Waals surface area contributed by atoms with Crippen molar-refractivity contribution in [2.45, 2.75) is 30.2 Å². The molecule has 0 saturated carbocycles. The second-order valence-corrected chi connectivity index (χ2v) is 8.52. The first-order valence-corrected chi connectivity index (χ1v) is 10.3. The van der Waals surface area contributed by atoms with E-state index in [-0.39, 0.29) is 16.8 Å². The lowest BCUT2D eigenvalue weighted by molar-refractivity contribution is 0.447. The van der Waals surface area contributed by atoms with Crippen LogP contribution in [0.1, 0.15) is 30.0 Å². The van der Waals surface area contributed by atoms with Gasteiger partial charge in [-0.25, -0.2) is 28.4 Å². The molecule has 26 heavy (non-hydrogen) atoms. The highest BCUT2D eigenvalue weighted by Crippen LogP contribution is 2.28. The number of rotatable bonds is 5. The van der Waals surface area contributed by atoms with E-state index in [0.29, 0.717) is 24.7 Å². The van der Waals surface area contributed by atoms with Gasteiger partial charge in [-0.2, -0.15) is 0 Å². The Morgan fingerprint density at radius 2 is 2.00 bits per heavy atom. The van der Waals surface area contributed by atoms with E-state index in [2.05, 4.69) is 25.3 Å². The van der Waals surface area contributed by atoms with Gasteiger partial charge in [0.1, 0.15) is 4.90 Å². The van der Waals surface area contributed by atoms with Gasteiger partial charge in [0.05, 0.1) is 11.9 Å². The number of nitrogens with two attached hydrogens (primary N) is 1. The van der Waals surface area contributed by atoms with Crippen LogP contribution in [0.25, 0.3) is 0 Å². The molecule has 3 rings (SSSR count). The number of hydrogen-bond acceptors (Lipinski definition) is 9. The van der Waals surface area contributed by atoms with E-state index in [1.54, 1.807) is 12.4 Å². The minimum absolute atomic E-state index is 0.0588. The normalized spacial score (nSPS) is 17.8. The van der Waals surface area contributed by atoms with Crippen molar-refractivity contribution in [3.05, 3.63) is 29.8 Å². The zero-order valence-electron chi connectivity index (χ0n) is 14.9. The first kappa shape index (κ1) is 18.5. The van der Waals surface area contributed by atoms with E-state index in [0.717, 1.165) is 24.9 Å². The zero-order chi connectivity index (χ0) is 18.7. The van der Waals surface area contributed by atoms with Crippen LogP contribution < -0.4 is 16.0 Å². The van der Waals surface area contributed by atoms with Crippen molar-refractivity contribution in [1.82, 2.24) is 25.3 Å². The highest BCUT2D eigenvalue weighted by atomic mass is 32.2. The minimum atomic E-state index is -3.39. The van der Waals surface area contributed by atoms with Crippen LogP contribution in [0.5, 0.6) is 0 Å². The van der Waals surface area contributed by atoms with Gasteiger partial charge < -0.3 is 16.0 Å². The van der Waals surface area contributed by atoms with E-state index in [1.165, 1.54) is 12.5 Å². The summed E-state index contributed by atoms with van der Waals surface area (Å²) >= 11 is 0. The average Bonchev–Trinajstić information content (AvgIpc) is 2.63. The fourth-order valence-electron chi connectivity index (χ4n) is 3.01. The summed E-state index contributed by atoms with van der Waals surface area (Å²) in [5.41, 5.74) is 6.95. The molecule has 0 aromatic carbocycles. The van der Waals surface area contributed by atoms with Crippen LogP contribution in [0, 0.1) is 0 Å². The molecule has 0 bridgehead atoms. The molecular formula is C16H23N7O2S. The van der Waals surface area contributed by atoms with Crippen molar-refractivity contribution in [3.8, 4) is 0 Å². The molecule has 0 spiro atoms. The molecule has 1 atom stereocenters. The molecule has 3 N–H and O–H groups in total. The molecule has 1 fully saturated rings. The van der Waals surface area contributed by atoms with Crippen molar-refractivity contribution in [3.63, 3.8) is 0 Å². The van der Waals surface area contributed by atoms with E-state index < -0.39 is 9.84 Å². The lowest BCUT2D eigenvalue weighted by Crippen LogP contribution is -2.30. The van der Waals surface area contributed by atoms with Crippen LogP contribution in [0.2, 0.25) is 0 Å². The van der Waals surface area contributed by atoms with E-state index >= 15 is 0 Å². The number of nitrogen functional groups attached to an aromatic ring is 1. The van der Waals surface area contributed by atoms with Crippen LogP contribution >= 0.6 is 0 Å². The van der Waals surface area contributed by atoms with E-state index in [4.69, 9.17) is 5.73 Å². The number of sulfone groups is 1. The van der Waals surface area contributed by atoms with Gasteiger partial charge in [0.15, 0.2) is 9.84 Å². The van der Waals surface area contributed by atoms with E-state index in [1.807, 2.05) is 11.9 Å². The summed E-state index contributed by atoms with van der Waals surface area (Å²) < 4.78 is 24.3. The Morgan fingerprint density at radius 3 is 2.62 bits per heavy atom. The van der Waals surface area contributed by atoms with Crippen LogP contribution in [0.3, 0.4) is 0 Å². The van der Waals surface area contributed by atoms with Gasteiger partial charge in [-0.05, 0) is 19.4 Å². The average molecular weight is 377 g/mol. The van der Waals surface area contributed by atoms with Gasteiger partial charge in [0.2, 0.25) is 11.9 Å². The molecule has 9 nitrogen and oxygen atoms in total. The lowest BCUT2D eigenvalue weighted by atomic mass is 9.96. The van der Waals surface area contributed by atoms with Gasteiger partial charge in [-0.15, -0.1) is 0 Å². The maximum Gasteiger partial charge on any atom is 0.225 e. The summed E-state index contributed by atoms with van der Waals surface area (Å²) in [6.45, 7) is 2.15. The number of anilines is 2. The van der Waals surface area contributed by atoms with Crippen molar-refractivity contribution < 1.29 is 8.42 Å². The van der Waals surface area contributed by atoms with Crippen LogP contribution in [0.4, 0.5) is 11.9 Å². The molecule has 2 aromatic rings. The smallest absolute Gasteiger partial charge is 0.225 e. The van der Waals surface area contributed by atoms with Crippen molar-refractivity contribution in [1.29, 1.82) is 0 Å². The van der Waals surface area contributed by atoms with Crippen molar-refractivity contribution in [2.24, 2.45) is 0 Å². The predicted molar refractivity (Wildman–Crippen MR) is 98.5 cm³/mol. The van der Waals surface area contributed by atoms with Gasteiger partial charge in [-0.3, -0.25) is 0 Å². The molecule has 10 heteroatoms. The minimum Gasteiger partial charge on any atom is -0.368 e.